The average molecular weight is 307 g/mol. The van der Waals surface area contributed by atoms with Crippen molar-refractivity contribution in [2.24, 2.45) is 0 Å². The molecule has 1 aromatic rings. The molecule has 1 rings (SSSR count). The third-order valence-corrected chi connectivity index (χ3v) is 2.29. The second kappa shape index (κ2) is 5.94. The van der Waals surface area contributed by atoms with Gasteiger partial charge in [-0.3, -0.25) is 0 Å². The molecule has 0 aliphatic heterocycles. The Morgan fingerprint density at radius 3 is 2.10 bits per heavy atom. The summed E-state index contributed by atoms with van der Waals surface area (Å²) in [5.74, 6) is -5.50. The van der Waals surface area contributed by atoms with E-state index in [1.807, 2.05) is 5.32 Å². The number of hydrogen-bond donors (Lipinski definition) is 1. The quantitative estimate of drug-likeness (QED) is 0.815. The van der Waals surface area contributed by atoms with Crippen molar-refractivity contribution in [3.8, 4) is 0 Å². The van der Waals surface area contributed by atoms with Crippen molar-refractivity contribution in [3.05, 3.63) is 35.1 Å². The number of alkyl halides is 7. The maximum absolute atomic E-state index is 13.0. The molecule has 114 valence electrons. The number of rotatable bonds is 5. The molecular weight excluding hydrogens is 298 g/mol. The Bertz CT molecular complexity index is 454. The number of nitrogens with one attached hydrogen (secondary N) is 1. The Kier molecular flexibility index (Phi) is 4.95. The van der Waals surface area contributed by atoms with Gasteiger partial charge in [-0.05, 0) is 23.8 Å². The van der Waals surface area contributed by atoms with Crippen molar-refractivity contribution in [3.63, 3.8) is 0 Å². The van der Waals surface area contributed by atoms with Crippen LogP contribution in [0.5, 0.6) is 0 Å². The van der Waals surface area contributed by atoms with E-state index >= 15 is 0 Å². The smallest absolute Gasteiger partial charge is 0.307 e. The van der Waals surface area contributed by atoms with Gasteiger partial charge in [0.2, 0.25) is 0 Å². The molecule has 1 aromatic carbocycles. The van der Waals surface area contributed by atoms with E-state index in [-0.39, 0.29) is 11.6 Å². The van der Waals surface area contributed by atoms with Gasteiger partial charge in [0.05, 0.1) is 12.1 Å². The molecule has 0 saturated carbocycles. The summed E-state index contributed by atoms with van der Waals surface area (Å²) in [6, 6.07) is 1.50. The van der Waals surface area contributed by atoms with Crippen LogP contribution >= 0.6 is 0 Å². The van der Waals surface area contributed by atoms with Crippen molar-refractivity contribution in [1.82, 2.24) is 5.32 Å². The normalized spacial score (nSPS) is 13.1. The van der Waals surface area contributed by atoms with Gasteiger partial charge in [0.1, 0.15) is 5.82 Å². The van der Waals surface area contributed by atoms with E-state index in [4.69, 9.17) is 0 Å². The zero-order chi connectivity index (χ0) is 15.6. The lowest BCUT2D eigenvalue weighted by Gasteiger charge is -2.16. The first kappa shape index (κ1) is 16.7. The van der Waals surface area contributed by atoms with Crippen LogP contribution in [0, 0.1) is 5.82 Å². The molecule has 0 amide bonds. The van der Waals surface area contributed by atoms with Crippen LogP contribution in [-0.2, 0) is 12.7 Å². The highest BCUT2D eigenvalue weighted by Gasteiger charge is 2.40. The lowest BCUT2D eigenvalue weighted by atomic mass is 10.1. The Labute approximate surface area is 108 Å². The molecule has 0 aliphatic rings. The van der Waals surface area contributed by atoms with Gasteiger partial charge in [-0.2, -0.15) is 22.0 Å². The molecule has 0 fully saturated rings. The van der Waals surface area contributed by atoms with E-state index in [0.717, 1.165) is 0 Å². The zero-order valence-electron chi connectivity index (χ0n) is 9.75. The second-order valence-corrected chi connectivity index (χ2v) is 4.01. The van der Waals surface area contributed by atoms with Gasteiger partial charge in [-0.15, -0.1) is 0 Å². The fourth-order valence-electron chi connectivity index (χ4n) is 1.37. The Morgan fingerprint density at radius 1 is 1.00 bits per heavy atom. The van der Waals surface area contributed by atoms with E-state index in [0.29, 0.717) is 12.1 Å². The number of hydrogen-bond acceptors (Lipinski definition) is 1. The first-order valence-corrected chi connectivity index (χ1v) is 5.26. The third kappa shape index (κ3) is 4.62. The van der Waals surface area contributed by atoms with Crippen molar-refractivity contribution in [2.75, 3.05) is 6.54 Å². The van der Waals surface area contributed by atoms with Crippen LogP contribution < -0.4 is 5.32 Å². The summed E-state index contributed by atoms with van der Waals surface area (Å²) in [6.45, 7) is -2.02. The van der Waals surface area contributed by atoms with Gasteiger partial charge in [0, 0.05) is 6.54 Å². The molecule has 0 spiro atoms. The Morgan fingerprint density at radius 2 is 1.60 bits per heavy atom. The molecule has 0 heterocycles. The van der Waals surface area contributed by atoms with Crippen LogP contribution in [0.1, 0.15) is 11.1 Å². The van der Waals surface area contributed by atoms with Gasteiger partial charge in [0.15, 0.2) is 0 Å². The summed E-state index contributed by atoms with van der Waals surface area (Å²) in [6.07, 6.45) is -8.68. The highest BCUT2D eigenvalue weighted by Crippen LogP contribution is 2.30. The van der Waals surface area contributed by atoms with E-state index in [9.17, 15) is 35.1 Å². The van der Waals surface area contributed by atoms with E-state index in [1.165, 1.54) is 0 Å². The molecule has 0 radical (unpaired) electrons. The third-order valence-electron chi connectivity index (χ3n) is 2.29. The van der Waals surface area contributed by atoms with Crippen LogP contribution in [0.15, 0.2) is 18.2 Å². The van der Waals surface area contributed by atoms with Crippen molar-refractivity contribution < 1.29 is 35.1 Å². The Hall–Kier alpha value is -1.38. The van der Waals surface area contributed by atoms with Crippen molar-refractivity contribution >= 4 is 0 Å². The predicted octanol–water partition coefficient (Wildman–Crippen LogP) is 3.83. The molecule has 1 nitrogen and oxygen atoms in total. The number of benzene rings is 1. The van der Waals surface area contributed by atoms with Gasteiger partial charge in [-0.1, -0.05) is 0 Å². The summed E-state index contributed by atoms with van der Waals surface area (Å²) in [7, 11) is 0. The second-order valence-electron chi connectivity index (χ2n) is 4.01. The highest BCUT2D eigenvalue weighted by atomic mass is 19.4. The molecule has 0 unspecified atom stereocenters. The predicted molar refractivity (Wildman–Crippen MR) is 54.1 cm³/mol. The molecule has 9 heteroatoms. The largest absolute Gasteiger partial charge is 0.416 e. The average Bonchev–Trinajstić information content (AvgIpc) is 2.26. The Balaban J connectivity index is 2.72. The molecule has 20 heavy (non-hydrogen) atoms. The van der Waals surface area contributed by atoms with Crippen molar-refractivity contribution in [2.45, 2.75) is 25.1 Å². The first-order valence-electron chi connectivity index (χ1n) is 5.26. The molecule has 0 bridgehead atoms. The molecule has 0 saturated heterocycles. The minimum absolute atomic E-state index is 0.247. The topological polar surface area (TPSA) is 12.0 Å². The molecule has 0 aliphatic carbocycles. The first-order chi connectivity index (χ1) is 9.02. The fraction of sp³-hybridized carbons (Fsp3) is 0.455. The molecule has 0 atom stereocenters. The summed E-state index contributed by atoms with van der Waals surface area (Å²) in [4.78, 5) is 0. The monoisotopic (exact) mass is 307 g/mol. The summed E-state index contributed by atoms with van der Waals surface area (Å²) in [5, 5.41) is 1.87. The van der Waals surface area contributed by atoms with Crippen molar-refractivity contribution in [1.29, 1.82) is 0 Å². The summed E-state index contributed by atoms with van der Waals surface area (Å²) in [5.41, 5.74) is -1.56. The van der Waals surface area contributed by atoms with Gasteiger partial charge in [0.25, 0.3) is 0 Å². The maximum Gasteiger partial charge on any atom is 0.416 e. The van der Waals surface area contributed by atoms with Crippen LogP contribution in [0.2, 0.25) is 0 Å². The van der Waals surface area contributed by atoms with Gasteiger partial charge < -0.3 is 5.32 Å². The van der Waals surface area contributed by atoms with Gasteiger partial charge >= 0.3 is 18.5 Å². The number of halogens is 8. The van der Waals surface area contributed by atoms with Gasteiger partial charge in [-0.25, -0.2) is 13.2 Å². The van der Waals surface area contributed by atoms with E-state index in [1.54, 1.807) is 0 Å². The summed E-state index contributed by atoms with van der Waals surface area (Å²) >= 11 is 0. The van der Waals surface area contributed by atoms with Crippen LogP contribution in [-0.4, -0.2) is 18.9 Å². The zero-order valence-corrected chi connectivity index (χ0v) is 9.75. The lowest BCUT2D eigenvalue weighted by Crippen LogP contribution is -2.38. The van der Waals surface area contributed by atoms with Crippen LogP contribution in [0.4, 0.5) is 35.1 Å². The lowest BCUT2D eigenvalue weighted by molar-refractivity contribution is -0.137. The van der Waals surface area contributed by atoms with E-state index < -0.39 is 43.0 Å². The summed E-state index contributed by atoms with van der Waals surface area (Å²) < 4.78 is 98.7. The fourth-order valence-corrected chi connectivity index (χ4v) is 1.37. The SMILES string of the molecule is Fc1cc(CNCC(F)(F)C(F)F)cc(C(F)(F)F)c1. The molecule has 0 aromatic heterocycles. The minimum Gasteiger partial charge on any atom is -0.307 e. The molecular formula is C11H9F8N. The van der Waals surface area contributed by atoms with E-state index in [2.05, 4.69) is 0 Å². The maximum atomic E-state index is 13.0. The standard InChI is InChI=1S/C11H9F8N/c12-8-2-6(1-7(3-8)11(17,18)19)4-20-5-10(15,16)9(13)14/h1-3,9,20H,4-5H2. The van der Waals surface area contributed by atoms with Crippen LogP contribution in [0.3, 0.4) is 0 Å². The minimum atomic E-state index is -4.79. The van der Waals surface area contributed by atoms with Crippen LogP contribution in [0.25, 0.3) is 0 Å². The highest BCUT2D eigenvalue weighted by molar-refractivity contribution is 5.26. The molecule has 1 N–H and O–H groups in total.